The maximum absolute atomic E-state index is 12.1. The smallest absolute Gasteiger partial charge is 0.276 e. The third-order valence-electron chi connectivity index (χ3n) is 2.87. The normalized spacial score (nSPS) is 21.5. The van der Waals surface area contributed by atoms with Crippen molar-refractivity contribution in [1.29, 1.82) is 0 Å². The first-order valence-electron chi connectivity index (χ1n) is 5.64. The van der Waals surface area contributed by atoms with Gasteiger partial charge in [-0.2, -0.15) is 11.8 Å². The van der Waals surface area contributed by atoms with Crippen molar-refractivity contribution in [3.63, 3.8) is 0 Å². The van der Waals surface area contributed by atoms with E-state index in [9.17, 15) is 9.59 Å². The molecule has 2 saturated heterocycles. The van der Waals surface area contributed by atoms with E-state index in [0.29, 0.717) is 44.3 Å². The zero-order chi connectivity index (χ0) is 12.3. The van der Waals surface area contributed by atoms with Crippen molar-refractivity contribution in [1.82, 2.24) is 9.80 Å². The van der Waals surface area contributed by atoms with Crippen LogP contribution in [0.15, 0.2) is 12.3 Å². The fourth-order valence-electron chi connectivity index (χ4n) is 1.86. The second-order valence-electron chi connectivity index (χ2n) is 3.95. The molecule has 0 saturated carbocycles. The molecule has 2 heterocycles. The molecule has 2 aliphatic rings. The van der Waals surface area contributed by atoms with Gasteiger partial charge in [0.05, 0.1) is 24.7 Å². The van der Waals surface area contributed by atoms with Crippen molar-refractivity contribution < 1.29 is 14.3 Å². The minimum absolute atomic E-state index is 0.111. The van der Waals surface area contributed by atoms with E-state index in [1.54, 1.807) is 11.8 Å². The van der Waals surface area contributed by atoms with E-state index < -0.39 is 0 Å². The number of hydrogen-bond donors (Lipinski definition) is 0. The van der Waals surface area contributed by atoms with E-state index in [2.05, 4.69) is 6.58 Å². The van der Waals surface area contributed by atoms with Crippen LogP contribution >= 0.6 is 11.8 Å². The quantitative estimate of drug-likeness (QED) is 0.648. The average Bonchev–Trinajstić information content (AvgIpc) is 2.39. The summed E-state index contributed by atoms with van der Waals surface area (Å²) in [6.07, 6.45) is 0. The Kier molecular flexibility index (Phi) is 4.06. The van der Waals surface area contributed by atoms with Gasteiger partial charge >= 0.3 is 0 Å². The van der Waals surface area contributed by atoms with Gasteiger partial charge in [-0.05, 0) is 0 Å². The largest absolute Gasteiger partial charge is 0.378 e. The molecule has 6 heteroatoms. The van der Waals surface area contributed by atoms with Crippen molar-refractivity contribution in [2.75, 3.05) is 44.4 Å². The van der Waals surface area contributed by atoms with Crippen LogP contribution < -0.4 is 0 Å². The van der Waals surface area contributed by atoms with Crippen LogP contribution in [-0.4, -0.2) is 66.0 Å². The fourth-order valence-corrected chi connectivity index (χ4v) is 2.64. The van der Waals surface area contributed by atoms with Crippen molar-refractivity contribution >= 4 is 23.6 Å². The van der Waals surface area contributed by atoms with Gasteiger partial charge in [0.2, 0.25) is 5.91 Å². The van der Waals surface area contributed by atoms with Gasteiger partial charge in [-0.15, -0.1) is 0 Å². The molecule has 0 radical (unpaired) electrons. The lowest BCUT2D eigenvalue weighted by molar-refractivity contribution is -0.142. The Morgan fingerprint density at radius 3 is 2.65 bits per heavy atom. The van der Waals surface area contributed by atoms with Gasteiger partial charge in [0.25, 0.3) is 5.91 Å². The second kappa shape index (κ2) is 5.55. The Labute approximate surface area is 105 Å². The van der Waals surface area contributed by atoms with E-state index in [-0.39, 0.29) is 11.8 Å². The van der Waals surface area contributed by atoms with Gasteiger partial charge in [0.15, 0.2) is 0 Å². The van der Waals surface area contributed by atoms with Gasteiger partial charge in [-0.25, -0.2) is 0 Å². The summed E-state index contributed by atoms with van der Waals surface area (Å²) < 4.78 is 5.22. The highest BCUT2D eigenvalue weighted by Gasteiger charge is 2.29. The number of ether oxygens (including phenoxy) is 1. The minimum atomic E-state index is -0.253. The summed E-state index contributed by atoms with van der Waals surface area (Å²) in [6.45, 7) is 6.85. The first-order valence-corrected chi connectivity index (χ1v) is 6.79. The number of hydrogen-bond acceptors (Lipinski definition) is 5. The zero-order valence-electron chi connectivity index (χ0n) is 9.68. The highest BCUT2D eigenvalue weighted by molar-refractivity contribution is 8.00. The molecule has 5 nitrogen and oxygen atoms in total. The zero-order valence-corrected chi connectivity index (χ0v) is 10.5. The number of amides is 2. The average molecular weight is 256 g/mol. The van der Waals surface area contributed by atoms with Gasteiger partial charge in [0.1, 0.15) is 0 Å². The molecule has 0 spiro atoms. The molecule has 94 valence electrons. The number of carbonyl (C=O) groups is 2. The summed E-state index contributed by atoms with van der Waals surface area (Å²) in [5.74, 6) is 0.841. The molecular formula is C11H16N2O3S. The summed E-state index contributed by atoms with van der Waals surface area (Å²) in [5, 5.41) is 0. The molecule has 0 aromatic heterocycles. The lowest BCUT2D eigenvalue weighted by atomic mass is 10.3. The van der Waals surface area contributed by atoms with Crippen molar-refractivity contribution in [2.45, 2.75) is 0 Å². The van der Waals surface area contributed by atoms with Crippen molar-refractivity contribution in [3.05, 3.63) is 12.3 Å². The fraction of sp³-hybridized carbons (Fsp3) is 0.636. The van der Waals surface area contributed by atoms with Crippen LogP contribution in [0.3, 0.4) is 0 Å². The SMILES string of the molecule is C=C(C(=O)N1CCSCC1=O)N1CCOCC1. The minimum Gasteiger partial charge on any atom is -0.378 e. The molecular weight excluding hydrogens is 240 g/mol. The monoisotopic (exact) mass is 256 g/mol. The van der Waals surface area contributed by atoms with Crippen molar-refractivity contribution in [3.8, 4) is 0 Å². The summed E-state index contributed by atoms with van der Waals surface area (Å²) in [7, 11) is 0. The van der Waals surface area contributed by atoms with E-state index >= 15 is 0 Å². The number of thioether (sulfide) groups is 1. The number of morpholine rings is 1. The molecule has 2 aliphatic heterocycles. The predicted octanol–water partition coefficient (Wildman–Crippen LogP) is -0.0657. The third-order valence-corrected chi connectivity index (χ3v) is 3.79. The molecule has 0 unspecified atom stereocenters. The first kappa shape index (κ1) is 12.4. The van der Waals surface area contributed by atoms with Crippen LogP contribution in [0.2, 0.25) is 0 Å². The van der Waals surface area contributed by atoms with E-state index in [4.69, 9.17) is 4.74 Å². The highest BCUT2D eigenvalue weighted by atomic mass is 32.2. The summed E-state index contributed by atoms with van der Waals surface area (Å²) in [6, 6.07) is 0. The Bertz CT molecular complexity index is 340. The maximum atomic E-state index is 12.1. The molecule has 0 atom stereocenters. The molecule has 2 amide bonds. The molecule has 2 fully saturated rings. The van der Waals surface area contributed by atoms with Crippen LogP contribution in [0.25, 0.3) is 0 Å². The Morgan fingerprint density at radius 1 is 1.29 bits per heavy atom. The summed E-state index contributed by atoms with van der Waals surface area (Å²) in [4.78, 5) is 26.9. The molecule has 0 N–H and O–H groups in total. The molecule has 0 aliphatic carbocycles. The third kappa shape index (κ3) is 2.81. The van der Waals surface area contributed by atoms with Crippen LogP contribution in [0.4, 0.5) is 0 Å². The Hall–Kier alpha value is -1.01. The Morgan fingerprint density at radius 2 is 2.00 bits per heavy atom. The molecule has 0 aromatic rings. The number of carbonyl (C=O) groups excluding carboxylic acids is 2. The van der Waals surface area contributed by atoms with E-state index in [1.807, 2.05) is 4.90 Å². The number of imide groups is 1. The van der Waals surface area contributed by atoms with Crippen LogP contribution in [-0.2, 0) is 14.3 Å². The van der Waals surface area contributed by atoms with Crippen molar-refractivity contribution in [2.24, 2.45) is 0 Å². The summed E-state index contributed by atoms with van der Waals surface area (Å²) >= 11 is 1.56. The molecule has 0 aromatic carbocycles. The molecule has 17 heavy (non-hydrogen) atoms. The molecule has 0 bridgehead atoms. The first-order chi connectivity index (χ1) is 8.20. The second-order valence-corrected chi connectivity index (χ2v) is 5.05. The topological polar surface area (TPSA) is 49.9 Å². The number of nitrogens with zero attached hydrogens (tertiary/aromatic N) is 2. The van der Waals surface area contributed by atoms with Crippen LogP contribution in [0, 0.1) is 0 Å². The number of rotatable bonds is 2. The standard InChI is InChI=1S/C11H16N2O3S/c1-9(12-2-5-16-6-3-12)11(15)13-4-7-17-8-10(13)14/h1-8H2. The van der Waals surface area contributed by atoms with Gasteiger partial charge in [0, 0.05) is 25.4 Å². The van der Waals surface area contributed by atoms with Gasteiger partial charge in [-0.3, -0.25) is 14.5 Å². The van der Waals surface area contributed by atoms with Gasteiger partial charge in [-0.1, -0.05) is 6.58 Å². The highest BCUT2D eigenvalue weighted by Crippen LogP contribution is 2.15. The van der Waals surface area contributed by atoms with E-state index in [0.717, 1.165) is 5.75 Å². The molecule has 2 rings (SSSR count). The Balaban J connectivity index is 1.98. The van der Waals surface area contributed by atoms with Gasteiger partial charge < -0.3 is 9.64 Å². The lowest BCUT2D eigenvalue weighted by Gasteiger charge is -2.33. The van der Waals surface area contributed by atoms with Crippen LogP contribution in [0.1, 0.15) is 0 Å². The maximum Gasteiger partial charge on any atom is 0.276 e. The van der Waals surface area contributed by atoms with Crippen LogP contribution in [0.5, 0.6) is 0 Å². The lowest BCUT2D eigenvalue weighted by Crippen LogP contribution is -2.47. The summed E-state index contributed by atoms with van der Waals surface area (Å²) in [5.41, 5.74) is 0.411. The predicted molar refractivity (Wildman–Crippen MR) is 65.6 cm³/mol. The van der Waals surface area contributed by atoms with E-state index in [1.165, 1.54) is 4.90 Å².